The summed E-state index contributed by atoms with van der Waals surface area (Å²) in [5.74, 6) is 0.596. The van der Waals surface area contributed by atoms with Gasteiger partial charge in [-0.25, -0.2) is 4.98 Å². The number of H-pyrrole nitrogens is 1. The third kappa shape index (κ3) is 2.99. The molecule has 0 unspecified atom stereocenters. The fourth-order valence-corrected chi connectivity index (χ4v) is 2.71. The Labute approximate surface area is 116 Å². The Morgan fingerprint density at radius 3 is 2.84 bits per heavy atom. The lowest BCUT2D eigenvalue weighted by Crippen LogP contribution is -2.14. The van der Waals surface area contributed by atoms with Crippen LogP contribution in [-0.4, -0.2) is 18.4 Å². The zero-order valence-electron chi connectivity index (χ0n) is 10.1. The summed E-state index contributed by atoms with van der Waals surface area (Å²) < 4.78 is 26.6. The topological polar surface area (TPSA) is 101 Å². The molecular formula is C11H13ClN4O2S. The van der Waals surface area contributed by atoms with Gasteiger partial charge in [0, 0.05) is 12.1 Å². The van der Waals surface area contributed by atoms with Gasteiger partial charge in [-0.05, 0) is 18.2 Å². The van der Waals surface area contributed by atoms with Gasteiger partial charge in [0.2, 0.25) is 0 Å². The highest BCUT2D eigenvalue weighted by molar-refractivity contribution is 7.92. The number of imidazole rings is 1. The first-order valence-corrected chi connectivity index (χ1v) is 7.40. The van der Waals surface area contributed by atoms with Crippen LogP contribution in [0.2, 0.25) is 5.02 Å². The van der Waals surface area contributed by atoms with E-state index < -0.39 is 10.0 Å². The lowest BCUT2D eigenvalue weighted by molar-refractivity contribution is 0.598. The zero-order valence-corrected chi connectivity index (χ0v) is 11.7. The Balaban J connectivity index is 2.33. The molecule has 0 aliphatic carbocycles. The molecule has 0 saturated heterocycles. The van der Waals surface area contributed by atoms with Gasteiger partial charge in [0.25, 0.3) is 10.0 Å². The maximum atomic E-state index is 12.1. The quantitative estimate of drug-likeness (QED) is 0.752. The number of halogens is 1. The van der Waals surface area contributed by atoms with E-state index in [1.165, 1.54) is 18.3 Å². The van der Waals surface area contributed by atoms with Crippen molar-refractivity contribution in [3.8, 4) is 0 Å². The van der Waals surface area contributed by atoms with E-state index in [4.69, 9.17) is 17.3 Å². The van der Waals surface area contributed by atoms with Crippen LogP contribution in [0.1, 0.15) is 12.7 Å². The zero-order chi connectivity index (χ0) is 14.0. The summed E-state index contributed by atoms with van der Waals surface area (Å²) in [6.45, 7) is 1.87. The average molecular weight is 301 g/mol. The molecule has 0 aliphatic rings. The van der Waals surface area contributed by atoms with Crippen LogP contribution in [0.3, 0.4) is 0 Å². The van der Waals surface area contributed by atoms with Gasteiger partial charge in [0.1, 0.15) is 5.82 Å². The predicted octanol–water partition coefficient (Wildman–Crippen LogP) is 2.01. The number of aromatic nitrogens is 2. The predicted molar refractivity (Wildman–Crippen MR) is 74.6 cm³/mol. The summed E-state index contributed by atoms with van der Waals surface area (Å²) in [7, 11) is -3.75. The van der Waals surface area contributed by atoms with Gasteiger partial charge in [-0.2, -0.15) is 8.42 Å². The van der Waals surface area contributed by atoms with E-state index in [-0.39, 0.29) is 15.7 Å². The minimum absolute atomic E-state index is 0.0113. The number of nitrogens with one attached hydrogen (secondary N) is 2. The highest BCUT2D eigenvalue weighted by Gasteiger charge is 2.18. The second kappa shape index (κ2) is 5.10. The Morgan fingerprint density at radius 2 is 2.21 bits per heavy atom. The monoisotopic (exact) mass is 300 g/mol. The number of aromatic amines is 1. The third-order valence-corrected chi connectivity index (χ3v) is 4.07. The first-order valence-electron chi connectivity index (χ1n) is 5.54. The summed E-state index contributed by atoms with van der Waals surface area (Å²) in [6, 6.07) is 4.57. The van der Waals surface area contributed by atoms with Crippen molar-refractivity contribution in [2.45, 2.75) is 18.4 Å². The summed E-state index contributed by atoms with van der Waals surface area (Å²) in [5, 5.41) is 0.260. The molecule has 0 spiro atoms. The highest BCUT2D eigenvalue weighted by atomic mass is 35.5. The van der Waals surface area contributed by atoms with E-state index in [0.717, 1.165) is 0 Å². The van der Waals surface area contributed by atoms with Crippen LogP contribution in [0.15, 0.2) is 29.4 Å². The molecule has 6 nitrogen and oxygen atoms in total. The van der Waals surface area contributed by atoms with Gasteiger partial charge >= 0.3 is 0 Å². The van der Waals surface area contributed by atoms with Crippen molar-refractivity contribution in [2.75, 3.05) is 10.5 Å². The molecule has 8 heteroatoms. The largest absolute Gasteiger partial charge is 0.399 e. The number of aryl methyl sites for hydroxylation is 1. The maximum Gasteiger partial charge on any atom is 0.279 e. The third-order valence-electron chi connectivity index (χ3n) is 2.46. The number of nitrogen functional groups attached to an aromatic ring is 1. The molecule has 0 fully saturated rings. The van der Waals surface area contributed by atoms with Gasteiger partial charge in [0.05, 0.1) is 16.9 Å². The molecule has 0 amide bonds. The number of benzene rings is 1. The molecule has 2 aromatic rings. The van der Waals surface area contributed by atoms with Crippen LogP contribution in [-0.2, 0) is 16.4 Å². The van der Waals surface area contributed by atoms with Crippen LogP contribution in [0.5, 0.6) is 0 Å². The Kier molecular flexibility index (Phi) is 3.68. The fraction of sp³-hybridized carbons (Fsp3) is 0.182. The number of nitrogens with two attached hydrogens (primary N) is 1. The first-order chi connectivity index (χ1) is 8.92. The Bertz CT molecular complexity index is 696. The number of rotatable bonds is 4. The lowest BCUT2D eigenvalue weighted by Gasteiger charge is -2.08. The molecule has 0 radical (unpaired) electrons. The van der Waals surface area contributed by atoms with Gasteiger partial charge in [-0.15, -0.1) is 0 Å². The van der Waals surface area contributed by atoms with Crippen LogP contribution in [0.4, 0.5) is 11.4 Å². The standard InChI is InChI=1S/C11H13ClN4O2S/c1-2-10-14-6-11(15-10)19(17,18)16-9-5-7(13)3-4-8(9)12/h3-6,16H,2,13H2,1H3,(H,14,15). The normalized spacial score (nSPS) is 11.5. The van der Waals surface area contributed by atoms with Crippen molar-refractivity contribution in [3.05, 3.63) is 35.2 Å². The number of nitrogens with zero attached hydrogens (tertiary/aromatic N) is 1. The Hall–Kier alpha value is -1.73. The number of hydrogen-bond donors (Lipinski definition) is 3. The molecule has 102 valence electrons. The molecule has 19 heavy (non-hydrogen) atoms. The van der Waals surface area contributed by atoms with Crippen LogP contribution >= 0.6 is 11.6 Å². The molecule has 1 heterocycles. The van der Waals surface area contributed by atoms with E-state index >= 15 is 0 Å². The molecule has 0 saturated carbocycles. The number of sulfonamides is 1. The maximum absolute atomic E-state index is 12.1. The summed E-state index contributed by atoms with van der Waals surface area (Å²) in [5.41, 5.74) is 6.25. The van der Waals surface area contributed by atoms with Gasteiger partial charge in [0.15, 0.2) is 5.03 Å². The molecule has 4 N–H and O–H groups in total. The first kappa shape index (κ1) is 13.7. The molecule has 0 bridgehead atoms. The van der Waals surface area contributed by atoms with Crippen molar-refractivity contribution < 1.29 is 8.42 Å². The fourth-order valence-electron chi connectivity index (χ4n) is 1.48. The minimum Gasteiger partial charge on any atom is -0.399 e. The van der Waals surface area contributed by atoms with Crippen LogP contribution in [0.25, 0.3) is 0 Å². The summed E-state index contributed by atoms with van der Waals surface area (Å²) >= 11 is 5.91. The van der Waals surface area contributed by atoms with Gasteiger partial charge in [-0.1, -0.05) is 18.5 Å². The number of anilines is 2. The van der Waals surface area contributed by atoms with Crippen molar-refractivity contribution in [3.63, 3.8) is 0 Å². The summed E-state index contributed by atoms with van der Waals surface area (Å²) in [4.78, 5) is 6.67. The van der Waals surface area contributed by atoms with E-state index in [1.54, 1.807) is 6.07 Å². The van der Waals surface area contributed by atoms with Crippen molar-refractivity contribution in [1.29, 1.82) is 0 Å². The van der Waals surface area contributed by atoms with E-state index in [1.807, 2.05) is 6.92 Å². The van der Waals surface area contributed by atoms with Crippen LogP contribution < -0.4 is 10.5 Å². The van der Waals surface area contributed by atoms with E-state index in [9.17, 15) is 8.42 Å². The second-order valence-electron chi connectivity index (χ2n) is 3.89. The van der Waals surface area contributed by atoms with E-state index in [2.05, 4.69) is 14.7 Å². The summed E-state index contributed by atoms with van der Waals surface area (Å²) in [6.07, 6.45) is 1.88. The Morgan fingerprint density at radius 1 is 1.47 bits per heavy atom. The molecule has 2 rings (SSSR count). The number of hydrogen-bond acceptors (Lipinski definition) is 4. The minimum atomic E-state index is -3.75. The van der Waals surface area contributed by atoms with Crippen LogP contribution in [0, 0.1) is 0 Å². The highest BCUT2D eigenvalue weighted by Crippen LogP contribution is 2.26. The van der Waals surface area contributed by atoms with Crippen molar-refractivity contribution in [1.82, 2.24) is 9.97 Å². The molecule has 0 atom stereocenters. The molecule has 1 aromatic carbocycles. The second-order valence-corrected chi connectivity index (χ2v) is 5.95. The lowest BCUT2D eigenvalue weighted by atomic mass is 10.3. The average Bonchev–Trinajstić information content (AvgIpc) is 2.83. The SMILES string of the molecule is CCc1ncc(S(=O)(=O)Nc2cc(N)ccc2Cl)[nH]1. The van der Waals surface area contributed by atoms with Crippen molar-refractivity contribution in [2.24, 2.45) is 0 Å². The molecular weight excluding hydrogens is 288 g/mol. The molecule has 0 aliphatic heterocycles. The molecule has 1 aromatic heterocycles. The van der Waals surface area contributed by atoms with Crippen molar-refractivity contribution >= 4 is 33.0 Å². The van der Waals surface area contributed by atoms with Gasteiger partial charge in [-0.3, -0.25) is 4.72 Å². The smallest absolute Gasteiger partial charge is 0.279 e. The van der Waals surface area contributed by atoms with E-state index in [0.29, 0.717) is 17.9 Å². The van der Waals surface area contributed by atoms with Gasteiger partial charge < -0.3 is 10.7 Å².